The van der Waals surface area contributed by atoms with E-state index in [0.717, 1.165) is 0 Å². The van der Waals surface area contributed by atoms with Crippen LogP contribution < -0.4 is 0 Å². The molecular weight excluding hydrogens is 118 g/mol. The molecule has 0 aliphatic carbocycles. The highest BCUT2D eigenvalue weighted by Gasteiger charge is 1.92. The van der Waals surface area contributed by atoms with Gasteiger partial charge in [0.1, 0.15) is 12.1 Å². The van der Waals surface area contributed by atoms with Crippen molar-refractivity contribution in [3.8, 4) is 0 Å². The molecule has 4 heteroatoms. The molecule has 9 heavy (non-hydrogen) atoms. The van der Waals surface area contributed by atoms with Crippen LogP contribution in [0.2, 0.25) is 0 Å². The Kier molecular flexibility index (Phi) is 3.43. The van der Waals surface area contributed by atoms with Crippen molar-refractivity contribution >= 4 is 12.1 Å². The number of hydrogen-bond donors (Lipinski definition) is 1. The Hall–Kier alpha value is -1.06. The van der Waals surface area contributed by atoms with Gasteiger partial charge in [-0.05, 0) is 0 Å². The molecule has 0 spiro atoms. The molecule has 0 aliphatic heterocycles. The van der Waals surface area contributed by atoms with Crippen molar-refractivity contribution in [2.24, 2.45) is 10.1 Å². The Morgan fingerprint density at radius 1 is 1.56 bits per heavy atom. The van der Waals surface area contributed by atoms with Gasteiger partial charge in [-0.15, -0.1) is 0 Å². The molecule has 0 aliphatic rings. The maximum atomic E-state index is 8.08. The van der Waals surface area contributed by atoms with Crippen molar-refractivity contribution in [2.45, 2.75) is 0 Å². The van der Waals surface area contributed by atoms with Gasteiger partial charge in [-0.1, -0.05) is 5.16 Å². The van der Waals surface area contributed by atoms with Crippen LogP contribution in [-0.4, -0.2) is 43.3 Å². The van der Waals surface area contributed by atoms with Crippen molar-refractivity contribution < 1.29 is 5.21 Å². The number of amidine groups is 1. The summed E-state index contributed by atoms with van der Waals surface area (Å²) in [6.07, 6.45) is 1.28. The van der Waals surface area contributed by atoms with Crippen molar-refractivity contribution in [3.63, 3.8) is 0 Å². The summed E-state index contributed by atoms with van der Waals surface area (Å²) in [6, 6.07) is 0. The number of hydrogen-bond acceptors (Lipinski definition) is 3. The van der Waals surface area contributed by atoms with E-state index in [1.54, 1.807) is 11.9 Å². The Labute approximate surface area is 54.5 Å². The Balaban J connectivity index is 4.01. The first-order valence-electron chi connectivity index (χ1n) is 2.54. The second-order valence-corrected chi connectivity index (χ2v) is 1.72. The third-order valence-electron chi connectivity index (χ3n) is 0.861. The summed E-state index contributed by atoms with van der Waals surface area (Å²) in [5.74, 6) is 0.637. The molecule has 0 fully saturated rings. The summed E-state index contributed by atoms with van der Waals surface area (Å²) in [7, 11) is 5.28. The van der Waals surface area contributed by atoms with E-state index in [1.165, 1.54) is 6.21 Å². The predicted octanol–water partition coefficient (Wildman–Crippen LogP) is 0.0363. The van der Waals surface area contributed by atoms with Gasteiger partial charge in [0, 0.05) is 21.1 Å². The zero-order valence-corrected chi connectivity index (χ0v) is 5.87. The lowest BCUT2D eigenvalue weighted by atomic mass is 10.6. The van der Waals surface area contributed by atoms with E-state index in [4.69, 9.17) is 5.21 Å². The normalized spacial score (nSPS) is 12.6. The van der Waals surface area contributed by atoms with E-state index in [1.807, 2.05) is 14.1 Å². The van der Waals surface area contributed by atoms with Crippen LogP contribution >= 0.6 is 0 Å². The Bertz CT molecular complexity index is 128. The number of nitrogens with zero attached hydrogens (tertiary/aromatic N) is 3. The standard InChI is InChI=1S/C5H11N3O/c1-6-5(4-7-9)8(2)3/h4,9H,1-3H3/b6-5?,7-4+. The van der Waals surface area contributed by atoms with Crippen LogP contribution in [0.5, 0.6) is 0 Å². The Morgan fingerprint density at radius 3 is 2.22 bits per heavy atom. The van der Waals surface area contributed by atoms with E-state index < -0.39 is 0 Å². The summed E-state index contributed by atoms with van der Waals surface area (Å²) >= 11 is 0. The van der Waals surface area contributed by atoms with Crippen LogP contribution in [0.25, 0.3) is 0 Å². The fourth-order valence-electron chi connectivity index (χ4n) is 0.425. The third-order valence-corrected chi connectivity index (χ3v) is 0.861. The van der Waals surface area contributed by atoms with Crippen molar-refractivity contribution in [1.82, 2.24) is 4.90 Å². The molecule has 4 nitrogen and oxygen atoms in total. The maximum Gasteiger partial charge on any atom is 0.144 e. The van der Waals surface area contributed by atoms with Crippen LogP contribution in [0, 0.1) is 0 Å². The van der Waals surface area contributed by atoms with Crippen LogP contribution in [0.1, 0.15) is 0 Å². The van der Waals surface area contributed by atoms with E-state index in [-0.39, 0.29) is 0 Å². The highest BCUT2D eigenvalue weighted by molar-refractivity contribution is 6.28. The molecule has 0 heterocycles. The number of oxime groups is 1. The zero-order valence-electron chi connectivity index (χ0n) is 5.87. The number of rotatable bonds is 1. The van der Waals surface area contributed by atoms with Gasteiger partial charge in [-0.3, -0.25) is 4.99 Å². The first-order chi connectivity index (χ1) is 4.22. The van der Waals surface area contributed by atoms with E-state index in [9.17, 15) is 0 Å². The minimum Gasteiger partial charge on any atom is -0.411 e. The van der Waals surface area contributed by atoms with Crippen molar-refractivity contribution in [3.05, 3.63) is 0 Å². The molecule has 0 bridgehead atoms. The molecular formula is C5H11N3O. The summed E-state index contributed by atoms with van der Waals surface area (Å²) in [5, 5.41) is 10.9. The van der Waals surface area contributed by atoms with Crippen LogP contribution in [0.3, 0.4) is 0 Å². The molecule has 0 saturated carbocycles. The second-order valence-electron chi connectivity index (χ2n) is 1.72. The largest absolute Gasteiger partial charge is 0.411 e. The topological polar surface area (TPSA) is 48.2 Å². The molecule has 0 rings (SSSR count). The van der Waals surface area contributed by atoms with Gasteiger partial charge in [-0.2, -0.15) is 0 Å². The molecule has 0 aromatic carbocycles. The molecule has 0 atom stereocenters. The fourth-order valence-corrected chi connectivity index (χ4v) is 0.425. The fraction of sp³-hybridized carbons (Fsp3) is 0.600. The average Bonchev–Trinajstić information content (AvgIpc) is 1.82. The molecule has 1 N–H and O–H groups in total. The smallest absolute Gasteiger partial charge is 0.144 e. The van der Waals surface area contributed by atoms with Gasteiger partial charge in [0.05, 0.1) is 0 Å². The molecule has 0 unspecified atom stereocenters. The molecule has 0 aromatic rings. The van der Waals surface area contributed by atoms with E-state index in [0.29, 0.717) is 5.84 Å². The molecule has 0 amide bonds. The van der Waals surface area contributed by atoms with Crippen LogP contribution in [-0.2, 0) is 0 Å². The van der Waals surface area contributed by atoms with Gasteiger partial charge >= 0.3 is 0 Å². The molecule has 52 valence electrons. The number of aliphatic imine (C=N–C) groups is 1. The maximum absolute atomic E-state index is 8.08. The van der Waals surface area contributed by atoms with Gasteiger partial charge in [0.2, 0.25) is 0 Å². The van der Waals surface area contributed by atoms with Gasteiger partial charge < -0.3 is 10.1 Å². The van der Waals surface area contributed by atoms with Crippen LogP contribution in [0.4, 0.5) is 0 Å². The highest BCUT2D eigenvalue weighted by Crippen LogP contribution is 1.77. The summed E-state index contributed by atoms with van der Waals surface area (Å²) in [6.45, 7) is 0. The first-order valence-corrected chi connectivity index (χ1v) is 2.54. The molecule has 0 aromatic heterocycles. The quantitative estimate of drug-likeness (QED) is 0.235. The van der Waals surface area contributed by atoms with Crippen molar-refractivity contribution in [2.75, 3.05) is 21.1 Å². The molecule has 0 radical (unpaired) electrons. The minimum atomic E-state index is 0.637. The third kappa shape index (κ3) is 2.69. The first kappa shape index (κ1) is 7.94. The minimum absolute atomic E-state index is 0.637. The lowest BCUT2D eigenvalue weighted by Gasteiger charge is -2.08. The lowest BCUT2D eigenvalue weighted by molar-refractivity contribution is 0.322. The molecule has 0 saturated heterocycles. The summed E-state index contributed by atoms with van der Waals surface area (Å²) in [5.41, 5.74) is 0. The zero-order chi connectivity index (χ0) is 7.28. The van der Waals surface area contributed by atoms with Gasteiger partial charge in [0.15, 0.2) is 0 Å². The monoisotopic (exact) mass is 129 g/mol. The summed E-state index contributed by atoms with van der Waals surface area (Å²) in [4.78, 5) is 5.56. The second kappa shape index (κ2) is 3.88. The van der Waals surface area contributed by atoms with E-state index in [2.05, 4.69) is 10.1 Å². The van der Waals surface area contributed by atoms with Gasteiger partial charge in [0.25, 0.3) is 0 Å². The van der Waals surface area contributed by atoms with Crippen LogP contribution in [0.15, 0.2) is 10.1 Å². The lowest BCUT2D eigenvalue weighted by Crippen LogP contribution is -2.22. The average molecular weight is 129 g/mol. The van der Waals surface area contributed by atoms with E-state index >= 15 is 0 Å². The predicted molar refractivity (Wildman–Crippen MR) is 37.3 cm³/mol. The summed E-state index contributed by atoms with van der Waals surface area (Å²) < 4.78 is 0. The van der Waals surface area contributed by atoms with Crippen molar-refractivity contribution in [1.29, 1.82) is 0 Å². The highest BCUT2D eigenvalue weighted by atomic mass is 16.4. The van der Waals surface area contributed by atoms with Gasteiger partial charge in [-0.25, -0.2) is 0 Å². The Morgan fingerprint density at radius 2 is 2.11 bits per heavy atom. The SMILES string of the molecule is CN=C(/C=N/O)N(C)C.